The summed E-state index contributed by atoms with van der Waals surface area (Å²) in [5, 5.41) is 2.17. The normalized spacial score (nSPS) is 22.0. The van der Waals surface area contributed by atoms with E-state index in [1.165, 1.54) is 21.6 Å². The molecule has 0 N–H and O–H groups in total. The molecule has 1 saturated heterocycles. The summed E-state index contributed by atoms with van der Waals surface area (Å²) >= 11 is 1.82. The van der Waals surface area contributed by atoms with Crippen LogP contribution >= 0.6 is 11.3 Å². The van der Waals surface area contributed by atoms with Crippen molar-refractivity contribution in [3.63, 3.8) is 0 Å². The van der Waals surface area contributed by atoms with E-state index in [2.05, 4.69) is 47.5 Å². The summed E-state index contributed by atoms with van der Waals surface area (Å²) in [6.45, 7) is 11.2. The number of carbonyl (C=O) groups is 2. The summed E-state index contributed by atoms with van der Waals surface area (Å²) in [4.78, 5) is 33.4. The Balaban J connectivity index is 1.48. The average Bonchev–Trinajstić information content (AvgIpc) is 3.22. The molecule has 5 nitrogen and oxygen atoms in total. The molecule has 3 heterocycles. The maximum absolute atomic E-state index is 13.3. The van der Waals surface area contributed by atoms with Crippen molar-refractivity contribution in [1.82, 2.24) is 14.7 Å². The van der Waals surface area contributed by atoms with Gasteiger partial charge < -0.3 is 9.80 Å². The van der Waals surface area contributed by atoms with Crippen LogP contribution in [0.25, 0.3) is 0 Å². The molecule has 4 rings (SSSR count). The summed E-state index contributed by atoms with van der Waals surface area (Å²) in [6, 6.07) is 11.1. The topological polar surface area (TPSA) is 43.9 Å². The van der Waals surface area contributed by atoms with Gasteiger partial charge in [-0.25, -0.2) is 0 Å². The van der Waals surface area contributed by atoms with E-state index in [0.717, 1.165) is 13.0 Å². The lowest BCUT2D eigenvalue weighted by Gasteiger charge is -2.42. The fraction of sp³-hybridized carbons (Fsp3) is 0.520. The number of fused-ring (bicyclic) bond motifs is 1. The van der Waals surface area contributed by atoms with E-state index >= 15 is 0 Å². The first-order valence-electron chi connectivity index (χ1n) is 11.3. The van der Waals surface area contributed by atoms with E-state index in [1.54, 1.807) is 0 Å². The smallest absolute Gasteiger partial charge is 0.236 e. The number of rotatable bonds is 4. The van der Waals surface area contributed by atoms with Crippen LogP contribution in [0.3, 0.4) is 0 Å². The van der Waals surface area contributed by atoms with Gasteiger partial charge in [-0.15, -0.1) is 11.3 Å². The number of benzene rings is 1. The van der Waals surface area contributed by atoms with Gasteiger partial charge in [-0.2, -0.15) is 0 Å². The summed E-state index contributed by atoms with van der Waals surface area (Å²) in [5.74, 6) is 0.340. The van der Waals surface area contributed by atoms with Crippen LogP contribution in [0.15, 0.2) is 35.7 Å². The maximum atomic E-state index is 13.3. The number of nitrogens with zero attached hydrogens (tertiary/aromatic N) is 3. The third-order valence-corrected chi connectivity index (χ3v) is 7.55. The minimum atomic E-state index is -0.00637. The first-order chi connectivity index (χ1) is 14.8. The van der Waals surface area contributed by atoms with E-state index in [9.17, 15) is 9.59 Å². The molecule has 0 radical (unpaired) electrons. The first-order valence-corrected chi connectivity index (χ1v) is 12.2. The molecule has 0 spiro atoms. The van der Waals surface area contributed by atoms with Crippen LogP contribution in [-0.4, -0.2) is 65.3 Å². The predicted molar refractivity (Wildman–Crippen MR) is 125 cm³/mol. The average molecular weight is 440 g/mol. The highest BCUT2D eigenvalue weighted by atomic mass is 32.1. The number of thiophene rings is 1. The van der Waals surface area contributed by atoms with Gasteiger partial charge in [0.25, 0.3) is 0 Å². The van der Waals surface area contributed by atoms with Crippen molar-refractivity contribution in [2.75, 3.05) is 32.7 Å². The molecule has 2 atom stereocenters. The van der Waals surface area contributed by atoms with Gasteiger partial charge in [-0.3, -0.25) is 14.5 Å². The second kappa shape index (κ2) is 9.13. The fourth-order valence-electron chi connectivity index (χ4n) is 4.79. The summed E-state index contributed by atoms with van der Waals surface area (Å²) in [5.41, 5.74) is 3.84. The highest BCUT2D eigenvalue weighted by Crippen LogP contribution is 2.37. The highest BCUT2D eigenvalue weighted by Gasteiger charge is 2.34. The Bertz CT molecular complexity index is 936. The Labute approximate surface area is 189 Å². The minimum Gasteiger partial charge on any atom is -0.338 e. The van der Waals surface area contributed by atoms with Crippen molar-refractivity contribution in [1.29, 1.82) is 0 Å². The number of hydrogen-bond donors (Lipinski definition) is 0. The van der Waals surface area contributed by atoms with E-state index in [0.29, 0.717) is 26.2 Å². The monoisotopic (exact) mass is 439 g/mol. The molecule has 0 bridgehead atoms. The Morgan fingerprint density at radius 1 is 1.10 bits per heavy atom. The number of hydrogen-bond acceptors (Lipinski definition) is 4. The van der Waals surface area contributed by atoms with E-state index in [1.807, 2.05) is 41.9 Å². The van der Waals surface area contributed by atoms with Gasteiger partial charge in [0.2, 0.25) is 11.8 Å². The van der Waals surface area contributed by atoms with Gasteiger partial charge in [0.1, 0.15) is 0 Å². The molecule has 2 aromatic rings. The molecule has 0 aliphatic carbocycles. The van der Waals surface area contributed by atoms with Gasteiger partial charge in [0.05, 0.1) is 12.6 Å². The number of amides is 2. The zero-order valence-corrected chi connectivity index (χ0v) is 19.8. The van der Waals surface area contributed by atoms with E-state index in [4.69, 9.17) is 0 Å². The fourth-order valence-corrected chi connectivity index (χ4v) is 5.70. The Morgan fingerprint density at radius 2 is 1.84 bits per heavy atom. The molecule has 2 aliphatic heterocycles. The zero-order valence-electron chi connectivity index (χ0n) is 19.0. The van der Waals surface area contributed by atoms with Crippen LogP contribution in [0, 0.1) is 12.8 Å². The molecular weight excluding hydrogens is 406 g/mol. The Morgan fingerprint density at radius 3 is 2.52 bits per heavy atom. The largest absolute Gasteiger partial charge is 0.338 e. The van der Waals surface area contributed by atoms with Crippen LogP contribution in [0.4, 0.5) is 0 Å². The van der Waals surface area contributed by atoms with Crippen LogP contribution in [-0.2, 0) is 16.0 Å². The molecule has 1 aromatic heterocycles. The van der Waals surface area contributed by atoms with Crippen molar-refractivity contribution in [2.24, 2.45) is 5.92 Å². The molecule has 1 fully saturated rings. The lowest BCUT2D eigenvalue weighted by atomic mass is 9.92. The van der Waals surface area contributed by atoms with Gasteiger partial charge in [-0.05, 0) is 42.8 Å². The molecule has 31 heavy (non-hydrogen) atoms. The Kier molecular flexibility index (Phi) is 6.49. The number of piperazine rings is 1. The van der Waals surface area contributed by atoms with Crippen molar-refractivity contribution in [2.45, 2.75) is 46.2 Å². The molecule has 166 valence electrons. The van der Waals surface area contributed by atoms with Crippen LogP contribution in [0.2, 0.25) is 0 Å². The third-order valence-electron chi connectivity index (χ3n) is 6.55. The lowest BCUT2D eigenvalue weighted by Crippen LogP contribution is -2.57. The second-order valence-corrected chi connectivity index (χ2v) is 10.2. The summed E-state index contributed by atoms with van der Waals surface area (Å²) < 4.78 is 0. The molecule has 1 aromatic carbocycles. The number of carbonyl (C=O) groups excluding carboxylic acids is 2. The van der Waals surface area contributed by atoms with Gasteiger partial charge in [-0.1, -0.05) is 43.7 Å². The maximum Gasteiger partial charge on any atom is 0.236 e. The van der Waals surface area contributed by atoms with Crippen molar-refractivity contribution in [3.05, 3.63) is 57.3 Å². The third kappa shape index (κ3) is 4.55. The van der Waals surface area contributed by atoms with Crippen LogP contribution in [0.1, 0.15) is 48.4 Å². The zero-order chi connectivity index (χ0) is 22.1. The first kappa shape index (κ1) is 22.0. The van der Waals surface area contributed by atoms with Crippen molar-refractivity contribution < 1.29 is 9.59 Å². The van der Waals surface area contributed by atoms with Crippen LogP contribution < -0.4 is 0 Å². The Hall–Kier alpha value is -2.18. The SMILES string of the molecule is Cc1ccc([C@H]2c3ccsc3CCN2CC(=O)N2CCN(C(=O)C(C)C)[C@H](C)C2)cc1. The predicted octanol–water partition coefficient (Wildman–Crippen LogP) is 3.72. The van der Waals surface area contributed by atoms with E-state index in [-0.39, 0.29) is 29.8 Å². The van der Waals surface area contributed by atoms with Crippen LogP contribution in [0.5, 0.6) is 0 Å². The van der Waals surface area contributed by atoms with Gasteiger partial charge >= 0.3 is 0 Å². The molecule has 6 heteroatoms. The van der Waals surface area contributed by atoms with E-state index < -0.39 is 0 Å². The standard InChI is InChI=1S/C25H33N3O2S/c1-17(2)25(30)28-13-12-26(15-19(28)4)23(29)16-27-11-9-22-21(10-14-31-22)24(27)20-7-5-18(3)6-8-20/h5-8,10,14,17,19,24H,9,11-13,15-16H2,1-4H3/t19-,24+/m1/s1. The number of aryl methyl sites for hydroxylation is 1. The molecule has 2 amide bonds. The quantitative estimate of drug-likeness (QED) is 0.729. The minimum absolute atomic E-state index is 0.00637. The van der Waals surface area contributed by atoms with Gasteiger partial charge in [0.15, 0.2) is 0 Å². The summed E-state index contributed by atoms with van der Waals surface area (Å²) in [6.07, 6.45) is 0.996. The van der Waals surface area contributed by atoms with Crippen molar-refractivity contribution >= 4 is 23.2 Å². The second-order valence-electron chi connectivity index (χ2n) is 9.21. The van der Waals surface area contributed by atoms with Gasteiger partial charge in [0, 0.05) is 43.0 Å². The lowest BCUT2D eigenvalue weighted by molar-refractivity contribution is -0.145. The summed E-state index contributed by atoms with van der Waals surface area (Å²) in [7, 11) is 0. The molecular formula is C25H33N3O2S. The highest BCUT2D eigenvalue weighted by molar-refractivity contribution is 7.10. The molecule has 0 unspecified atom stereocenters. The molecule has 0 saturated carbocycles. The molecule has 2 aliphatic rings. The van der Waals surface area contributed by atoms with Crippen molar-refractivity contribution in [3.8, 4) is 0 Å².